The second-order valence-corrected chi connectivity index (χ2v) is 11.7. The maximum atomic E-state index is 12.7. The second kappa shape index (κ2) is 10.5. The van der Waals surface area contributed by atoms with Crippen molar-refractivity contribution in [2.24, 2.45) is 0 Å². The van der Waals surface area contributed by atoms with Crippen LogP contribution in [0.25, 0.3) is 0 Å². The number of ether oxygens (including phenoxy) is 2. The summed E-state index contributed by atoms with van der Waals surface area (Å²) < 4.78 is 11.5. The summed E-state index contributed by atoms with van der Waals surface area (Å²) in [5, 5.41) is 7.99. The Bertz CT molecular complexity index is 1060. The first-order valence-corrected chi connectivity index (χ1v) is 12.8. The van der Waals surface area contributed by atoms with Crippen LogP contribution in [0, 0.1) is 0 Å². The minimum absolute atomic E-state index is 0.0347. The third-order valence-corrected chi connectivity index (χ3v) is 7.01. The Labute approximate surface area is 222 Å². The zero-order valence-corrected chi connectivity index (χ0v) is 22.4. The fourth-order valence-electron chi connectivity index (χ4n) is 5.02. The van der Waals surface area contributed by atoms with Crippen LogP contribution in [0.15, 0.2) is 60.7 Å². The van der Waals surface area contributed by atoms with Gasteiger partial charge in [-0.3, -0.25) is 0 Å². The first-order chi connectivity index (χ1) is 16.9. The van der Waals surface area contributed by atoms with E-state index in [9.17, 15) is 9.59 Å². The Morgan fingerprint density at radius 3 is 1.47 bits per heavy atom. The maximum Gasteiger partial charge on any atom is 0.331 e. The lowest BCUT2D eigenvalue weighted by Crippen LogP contribution is -2.62. The van der Waals surface area contributed by atoms with E-state index in [-0.39, 0.29) is 23.2 Å². The number of esters is 2. The number of benzene rings is 2. The van der Waals surface area contributed by atoms with Gasteiger partial charge in [0.1, 0.15) is 12.2 Å². The molecule has 8 heteroatoms. The van der Waals surface area contributed by atoms with Crippen molar-refractivity contribution < 1.29 is 19.1 Å². The molecule has 0 unspecified atom stereocenters. The largest absolute Gasteiger partial charge is 0.453 e. The molecule has 0 bridgehead atoms. The minimum atomic E-state index is -0.634. The van der Waals surface area contributed by atoms with E-state index in [0.717, 1.165) is 36.1 Å². The van der Waals surface area contributed by atoms with Crippen molar-refractivity contribution in [2.45, 2.75) is 75.9 Å². The molecule has 2 aliphatic heterocycles. The number of carbonyl (C=O) groups excluding carboxylic acids is 2. The van der Waals surface area contributed by atoms with E-state index in [4.69, 9.17) is 32.7 Å². The van der Waals surface area contributed by atoms with Gasteiger partial charge in [-0.05, 0) is 75.9 Å². The Morgan fingerprint density at radius 2 is 1.17 bits per heavy atom. The molecular weight excluding hydrogens is 499 g/mol. The normalized spacial score (nSPS) is 23.7. The van der Waals surface area contributed by atoms with Gasteiger partial charge in [0.2, 0.25) is 0 Å². The summed E-state index contributed by atoms with van der Waals surface area (Å²) in [4.78, 5) is 25.4. The molecule has 0 saturated carbocycles. The lowest BCUT2D eigenvalue weighted by Gasteiger charge is -2.47. The zero-order valence-electron chi connectivity index (χ0n) is 20.9. The number of hydrogen-bond acceptors (Lipinski definition) is 6. The molecule has 4 rings (SSSR count). The van der Waals surface area contributed by atoms with Crippen molar-refractivity contribution >= 4 is 35.1 Å². The molecule has 0 aromatic heterocycles. The van der Waals surface area contributed by atoms with E-state index in [0.29, 0.717) is 10.0 Å². The Balaban J connectivity index is 1.42. The average molecular weight is 531 g/mol. The van der Waals surface area contributed by atoms with Crippen LogP contribution in [0.2, 0.25) is 10.0 Å². The Kier molecular flexibility index (Phi) is 7.81. The van der Waals surface area contributed by atoms with Gasteiger partial charge in [-0.15, -0.1) is 0 Å². The molecule has 2 heterocycles. The van der Waals surface area contributed by atoms with Crippen LogP contribution in [0.3, 0.4) is 0 Å². The van der Waals surface area contributed by atoms with E-state index in [1.807, 2.05) is 24.3 Å². The summed E-state index contributed by atoms with van der Waals surface area (Å²) in [5.41, 5.74) is 1.51. The van der Waals surface area contributed by atoms with Gasteiger partial charge in [-0.25, -0.2) is 9.59 Å². The van der Waals surface area contributed by atoms with Crippen molar-refractivity contribution in [3.05, 3.63) is 81.9 Å². The molecular formula is C28H32Cl2N2O4. The summed E-state index contributed by atoms with van der Waals surface area (Å²) in [6, 6.07) is 14.4. The van der Waals surface area contributed by atoms with Gasteiger partial charge in [-0.2, -0.15) is 0 Å². The minimum Gasteiger partial charge on any atom is -0.453 e. The van der Waals surface area contributed by atoms with Gasteiger partial charge in [0, 0.05) is 33.3 Å². The summed E-state index contributed by atoms with van der Waals surface area (Å²) in [5.74, 6) is -1.27. The first kappa shape index (κ1) is 26.7. The third-order valence-electron chi connectivity index (χ3n) is 6.54. The molecule has 6 nitrogen and oxygen atoms in total. The van der Waals surface area contributed by atoms with E-state index >= 15 is 0 Å². The van der Waals surface area contributed by atoms with Crippen LogP contribution in [-0.2, 0) is 19.1 Å². The number of hydrogen-bond donors (Lipinski definition) is 2. The molecule has 192 valence electrons. The molecule has 0 radical (unpaired) electrons. The molecule has 4 atom stereocenters. The van der Waals surface area contributed by atoms with Crippen molar-refractivity contribution in [1.29, 1.82) is 0 Å². The molecule has 2 fully saturated rings. The number of rotatable bonds is 8. The van der Waals surface area contributed by atoms with Crippen molar-refractivity contribution in [3.63, 3.8) is 0 Å². The lowest BCUT2D eigenvalue weighted by molar-refractivity contribution is -0.150. The van der Waals surface area contributed by atoms with E-state index in [2.05, 4.69) is 38.3 Å². The molecule has 2 saturated heterocycles. The van der Waals surface area contributed by atoms with Crippen LogP contribution < -0.4 is 10.6 Å². The smallest absolute Gasteiger partial charge is 0.331 e. The molecule has 2 aliphatic rings. The maximum absolute atomic E-state index is 12.7. The SMILES string of the molecule is CC1(C)C[C@H]([C@H](OC(=O)/C=C\C(=O)O[C@H](c2cccc(Cl)c2)[C@H]2CC(C)(C)N2)c2cccc(Cl)c2)N1. The van der Waals surface area contributed by atoms with E-state index < -0.39 is 24.1 Å². The van der Waals surface area contributed by atoms with Crippen molar-refractivity contribution in [3.8, 4) is 0 Å². The summed E-state index contributed by atoms with van der Waals surface area (Å²) in [6.45, 7) is 8.35. The molecule has 2 aromatic carbocycles. The summed E-state index contributed by atoms with van der Waals surface area (Å²) in [6.07, 6.45) is 2.80. The molecule has 36 heavy (non-hydrogen) atoms. The highest BCUT2D eigenvalue weighted by molar-refractivity contribution is 6.30. The fourth-order valence-corrected chi connectivity index (χ4v) is 5.42. The molecule has 2 N–H and O–H groups in total. The topological polar surface area (TPSA) is 76.7 Å². The van der Waals surface area contributed by atoms with Gasteiger partial charge in [0.15, 0.2) is 0 Å². The Hall–Kier alpha value is -2.38. The molecule has 0 aliphatic carbocycles. The van der Waals surface area contributed by atoms with Crippen molar-refractivity contribution in [2.75, 3.05) is 0 Å². The fraction of sp³-hybridized carbons (Fsp3) is 0.429. The third kappa shape index (κ3) is 6.68. The molecule has 0 spiro atoms. The Morgan fingerprint density at radius 1 is 0.806 bits per heavy atom. The first-order valence-electron chi connectivity index (χ1n) is 12.1. The molecule has 0 amide bonds. The average Bonchev–Trinajstić information content (AvgIpc) is 2.76. The quantitative estimate of drug-likeness (QED) is 0.336. The van der Waals surface area contributed by atoms with Gasteiger partial charge in [0.25, 0.3) is 0 Å². The monoisotopic (exact) mass is 530 g/mol. The van der Waals surface area contributed by atoms with Gasteiger partial charge < -0.3 is 20.1 Å². The van der Waals surface area contributed by atoms with Crippen LogP contribution in [0.1, 0.15) is 63.9 Å². The number of halogens is 2. The standard InChI is InChI=1S/C28H32Cl2N2O4/c1-27(2)15-21(31-27)25(17-7-5-9-19(29)13-17)35-23(33)11-12-24(34)36-26(22-16-28(3,4)32-22)18-8-6-10-20(30)14-18/h5-14,21-22,25-26,31-32H,15-16H2,1-4H3/b12-11-/t21-,22-,25-,26-/m1/s1. The van der Waals surface area contributed by atoms with Crippen molar-refractivity contribution in [1.82, 2.24) is 10.6 Å². The van der Waals surface area contributed by atoms with Crippen LogP contribution in [-0.4, -0.2) is 35.1 Å². The highest BCUT2D eigenvalue weighted by Crippen LogP contribution is 2.37. The number of nitrogens with one attached hydrogen (secondary N) is 2. The highest BCUT2D eigenvalue weighted by Gasteiger charge is 2.43. The van der Waals surface area contributed by atoms with Crippen LogP contribution in [0.5, 0.6) is 0 Å². The zero-order chi connectivity index (χ0) is 26.1. The van der Waals surface area contributed by atoms with E-state index in [1.165, 1.54) is 0 Å². The number of carbonyl (C=O) groups is 2. The second-order valence-electron chi connectivity index (χ2n) is 10.8. The van der Waals surface area contributed by atoms with Crippen LogP contribution in [0.4, 0.5) is 0 Å². The predicted octanol–water partition coefficient (Wildman–Crippen LogP) is 5.70. The van der Waals surface area contributed by atoms with E-state index in [1.54, 1.807) is 24.3 Å². The predicted molar refractivity (Wildman–Crippen MR) is 141 cm³/mol. The van der Waals surface area contributed by atoms with Gasteiger partial charge in [-0.1, -0.05) is 47.5 Å². The summed E-state index contributed by atoms with van der Waals surface area (Å²) >= 11 is 12.3. The molecule has 2 aromatic rings. The van der Waals surface area contributed by atoms with Gasteiger partial charge >= 0.3 is 11.9 Å². The van der Waals surface area contributed by atoms with Crippen LogP contribution >= 0.6 is 23.2 Å². The lowest BCUT2D eigenvalue weighted by atomic mass is 9.80. The summed E-state index contributed by atoms with van der Waals surface area (Å²) in [7, 11) is 0. The van der Waals surface area contributed by atoms with Gasteiger partial charge in [0.05, 0.1) is 12.1 Å². The highest BCUT2D eigenvalue weighted by atomic mass is 35.5.